The van der Waals surface area contributed by atoms with Crippen LogP contribution < -0.4 is 4.74 Å². The summed E-state index contributed by atoms with van der Waals surface area (Å²) in [6.07, 6.45) is 2.64. The molecule has 3 heteroatoms. The van der Waals surface area contributed by atoms with Gasteiger partial charge in [0.05, 0.1) is 7.11 Å². The van der Waals surface area contributed by atoms with Crippen molar-refractivity contribution in [2.24, 2.45) is 0 Å². The molecule has 3 rings (SSSR count). The second-order valence-electron chi connectivity index (χ2n) is 4.62. The minimum Gasteiger partial charge on any atom is -0.496 e. The van der Waals surface area contributed by atoms with Gasteiger partial charge in [-0.3, -0.25) is 9.59 Å². The van der Waals surface area contributed by atoms with E-state index in [4.69, 9.17) is 4.74 Å². The fourth-order valence-electron chi connectivity index (χ4n) is 2.52. The summed E-state index contributed by atoms with van der Waals surface area (Å²) in [6, 6.07) is 7.42. The third-order valence-corrected chi connectivity index (χ3v) is 3.34. The van der Waals surface area contributed by atoms with Gasteiger partial charge in [0.1, 0.15) is 5.75 Å². The van der Waals surface area contributed by atoms with Gasteiger partial charge in [-0.15, -0.1) is 0 Å². The molecule has 94 valence electrons. The van der Waals surface area contributed by atoms with Gasteiger partial charge >= 0.3 is 0 Å². The summed E-state index contributed by atoms with van der Waals surface area (Å²) >= 11 is 0. The summed E-state index contributed by atoms with van der Waals surface area (Å²) in [4.78, 5) is 24.0. The normalized spacial score (nSPS) is 13.8. The third-order valence-electron chi connectivity index (χ3n) is 3.34. The number of hydrogen-bond acceptors (Lipinski definition) is 3. The zero-order valence-electron chi connectivity index (χ0n) is 10.7. The van der Waals surface area contributed by atoms with Crippen LogP contribution in [0.3, 0.4) is 0 Å². The maximum Gasteiger partial charge on any atom is 0.187 e. The van der Waals surface area contributed by atoms with Crippen LogP contribution in [0, 0.1) is 6.92 Å². The zero-order chi connectivity index (χ0) is 13.6. The smallest absolute Gasteiger partial charge is 0.187 e. The molecule has 3 nitrogen and oxygen atoms in total. The Morgan fingerprint density at radius 3 is 2.47 bits per heavy atom. The second kappa shape index (κ2) is 4.05. The van der Waals surface area contributed by atoms with E-state index in [1.54, 1.807) is 13.2 Å². The molecule has 0 radical (unpaired) electrons. The molecule has 1 aliphatic rings. The highest BCUT2D eigenvalue weighted by Crippen LogP contribution is 2.34. The number of methoxy groups -OCH3 is 1. The van der Waals surface area contributed by atoms with Gasteiger partial charge in [-0.05, 0) is 42.2 Å². The third kappa shape index (κ3) is 1.66. The lowest BCUT2D eigenvalue weighted by molar-refractivity contribution is 0.0995. The van der Waals surface area contributed by atoms with E-state index < -0.39 is 0 Å². The molecule has 0 atom stereocenters. The number of allylic oxidation sites excluding steroid dienone is 2. The van der Waals surface area contributed by atoms with Crippen LogP contribution in [0.25, 0.3) is 10.8 Å². The number of hydrogen-bond donors (Lipinski definition) is 0. The molecule has 0 saturated carbocycles. The first-order chi connectivity index (χ1) is 9.11. The van der Waals surface area contributed by atoms with Crippen LogP contribution in [0.5, 0.6) is 5.75 Å². The number of fused-ring (bicyclic) bond motifs is 3. The highest BCUT2D eigenvalue weighted by atomic mass is 16.5. The molecule has 0 heterocycles. The summed E-state index contributed by atoms with van der Waals surface area (Å²) in [7, 11) is 1.57. The SMILES string of the molecule is COc1cc(C)cc2ccc3c(c12)C(=O)C=CC3=O. The predicted octanol–water partition coefficient (Wildman–Crippen LogP) is 3.09. The predicted molar refractivity (Wildman–Crippen MR) is 73.0 cm³/mol. The molecule has 0 aliphatic heterocycles. The van der Waals surface area contributed by atoms with Gasteiger partial charge in [-0.1, -0.05) is 12.1 Å². The molecule has 19 heavy (non-hydrogen) atoms. The van der Waals surface area contributed by atoms with Gasteiger partial charge in [0, 0.05) is 16.5 Å². The monoisotopic (exact) mass is 252 g/mol. The first-order valence-electron chi connectivity index (χ1n) is 6.00. The number of carbonyl (C=O) groups excluding carboxylic acids is 2. The fourth-order valence-corrected chi connectivity index (χ4v) is 2.52. The number of benzene rings is 2. The van der Waals surface area contributed by atoms with Gasteiger partial charge in [-0.25, -0.2) is 0 Å². The average molecular weight is 252 g/mol. The Labute approximate surface area is 110 Å². The molecular formula is C16H12O3. The van der Waals surface area contributed by atoms with Gasteiger partial charge in [0.15, 0.2) is 11.6 Å². The molecule has 2 aromatic carbocycles. The van der Waals surface area contributed by atoms with Gasteiger partial charge in [-0.2, -0.15) is 0 Å². The van der Waals surface area contributed by atoms with Crippen LogP contribution in [0.1, 0.15) is 26.3 Å². The van der Waals surface area contributed by atoms with Crippen LogP contribution >= 0.6 is 0 Å². The molecule has 0 N–H and O–H groups in total. The fraction of sp³-hybridized carbons (Fsp3) is 0.125. The maximum atomic E-state index is 12.1. The van der Waals surface area contributed by atoms with E-state index in [2.05, 4.69) is 0 Å². The van der Waals surface area contributed by atoms with Crippen molar-refractivity contribution < 1.29 is 14.3 Å². The Kier molecular flexibility index (Phi) is 2.49. The van der Waals surface area contributed by atoms with E-state index in [1.807, 2.05) is 25.1 Å². The first kappa shape index (κ1) is 11.7. The second-order valence-corrected chi connectivity index (χ2v) is 4.62. The maximum absolute atomic E-state index is 12.1. The number of aryl methyl sites for hydroxylation is 1. The average Bonchev–Trinajstić information content (AvgIpc) is 2.41. The van der Waals surface area contributed by atoms with Crippen LogP contribution in [0.15, 0.2) is 36.4 Å². The van der Waals surface area contributed by atoms with Gasteiger partial charge < -0.3 is 4.74 Å². The van der Waals surface area contributed by atoms with E-state index in [0.717, 1.165) is 10.9 Å². The summed E-state index contributed by atoms with van der Waals surface area (Å²) in [6.45, 7) is 1.97. The van der Waals surface area contributed by atoms with E-state index in [0.29, 0.717) is 22.3 Å². The minimum absolute atomic E-state index is 0.140. The Hall–Kier alpha value is -2.42. The summed E-state index contributed by atoms with van der Waals surface area (Å²) in [5.74, 6) is 0.338. The number of ketones is 2. The van der Waals surface area contributed by atoms with Crippen molar-refractivity contribution >= 4 is 22.3 Å². The van der Waals surface area contributed by atoms with Crippen LogP contribution in [-0.2, 0) is 0 Å². The topological polar surface area (TPSA) is 43.4 Å². The lowest BCUT2D eigenvalue weighted by Crippen LogP contribution is -2.12. The largest absolute Gasteiger partial charge is 0.496 e. The van der Waals surface area contributed by atoms with Crippen molar-refractivity contribution in [2.75, 3.05) is 7.11 Å². The molecule has 0 saturated heterocycles. The number of rotatable bonds is 1. The summed E-state index contributed by atoms with van der Waals surface area (Å²) in [5, 5.41) is 1.63. The standard InChI is InChI=1S/C16H12O3/c1-9-7-10-3-4-11-12(17)5-6-13(18)16(11)15(10)14(8-9)19-2/h3-8H,1-2H3. The van der Waals surface area contributed by atoms with Crippen molar-refractivity contribution in [2.45, 2.75) is 6.92 Å². The lowest BCUT2D eigenvalue weighted by atomic mass is 9.89. The first-order valence-corrected chi connectivity index (χ1v) is 6.00. The number of carbonyl (C=O) groups is 2. The van der Waals surface area contributed by atoms with Crippen molar-refractivity contribution in [3.8, 4) is 5.75 Å². The molecule has 0 amide bonds. The highest BCUT2D eigenvalue weighted by molar-refractivity contribution is 6.27. The molecule has 0 unspecified atom stereocenters. The quantitative estimate of drug-likeness (QED) is 0.783. The van der Waals surface area contributed by atoms with E-state index in [-0.39, 0.29) is 11.6 Å². The van der Waals surface area contributed by atoms with Crippen molar-refractivity contribution in [3.05, 3.63) is 53.1 Å². The van der Waals surface area contributed by atoms with Crippen LogP contribution in [-0.4, -0.2) is 18.7 Å². The van der Waals surface area contributed by atoms with E-state index >= 15 is 0 Å². The van der Waals surface area contributed by atoms with Crippen molar-refractivity contribution in [1.82, 2.24) is 0 Å². The summed E-state index contributed by atoms with van der Waals surface area (Å²) in [5.41, 5.74) is 1.94. The Bertz CT molecular complexity index is 754. The van der Waals surface area contributed by atoms with Crippen molar-refractivity contribution in [1.29, 1.82) is 0 Å². The molecule has 0 fully saturated rings. The zero-order valence-corrected chi connectivity index (χ0v) is 10.7. The van der Waals surface area contributed by atoms with Crippen molar-refractivity contribution in [3.63, 3.8) is 0 Å². The van der Waals surface area contributed by atoms with E-state index in [9.17, 15) is 9.59 Å². The van der Waals surface area contributed by atoms with Crippen LogP contribution in [0.4, 0.5) is 0 Å². The Morgan fingerprint density at radius 2 is 1.74 bits per heavy atom. The molecule has 0 bridgehead atoms. The number of ether oxygens (including phenoxy) is 1. The van der Waals surface area contributed by atoms with Crippen LogP contribution in [0.2, 0.25) is 0 Å². The van der Waals surface area contributed by atoms with E-state index in [1.165, 1.54) is 12.2 Å². The molecule has 0 spiro atoms. The molecule has 2 aromatic rings. The summed E-state index contributed by atoms with van der Waals surface area (Å²) < 4.78 is 5.37. The van der Waals surface area contributed by atoms with Gasteiger partial charge in [0.25, 0.3) is 0 Å². The Balaban J connectivity index is 2.49. The molecular weight excluding hydrogens is 240 g/mol. The highest BCUT2D eigenvalue weighted by Gasteiger charge is 2.23. The van der Waals surface area contributed by atoms with Gasteiger partial charge in [0.2, 0.25) is 0 Å². The molecule has 0 aromatic heterocycles. The Morgan fingerprint density at radius 1 is 1.00 bits per heavy atom. The minimum atomic E-state index is -0.151. The lowest BCUT2D eigenvalue weighted by Gasteiger charge is -2.15. The molecule has 1 aliphatic carbocycles.